The molecule has 1 fully saturated rings. The summed E-state index contributed by atoms with van der Waals surface area (Å²) in [7, 11) is 2.91. The van der Waals surface area contributed by atoms with Crippen LogP contribution in [0.1, 0.15) is 31.8 Å². The van der Waals surface area contributed by atoms with Gasteiger partial charge in [0, 0.05) is 61.5 Å². The lowest BCUT2D eigenvalue weighted by molar-refractivity contribution is 0.111. The molecule has 2 aromatic rings. The highest BCUT2D eigenvalue weighted by atomic mass is 16.5. The lowest BCUT2D eigenvalue weighted by atomic mass is 10.1. The van der Waals surface area contributed by atoms with Crippen molar-refractivity contribution in [1.82, 2.24) is 9.80 Å². The number of phenols is 2. The molecular weight excluding hydrogens is 388 g/mol. The van der Waals surface area contributed by atoms with Crippen molar-refractivity contribution < 1.29 is 29.3 Å². The second-order valence-electron chi connectivity index (χ2n) is 7.25. The third-order valence-corrected chi connectivity index (χ3v) is 5.32. The molecule has 2 N–H and O–H groups in total. The Balaban J connectivity index is 1.65. The summed E-state index contributed by atoms with van der Waals surface area (Å²) in [6, 6.07) is 6.37. The Labute approximate surface area is 175 Å². The van der Waals surface area contributed by atoms with Gasteiger partial charge in [-0.25, -0.2) is 0 Å². The van der Waals surface area contributed by atoms with Gasteiger partial charge in [-0.3, -0.25) is 19.4 Å². The molecule has 0 saturated carbocycles. The number of aromatic hydroxyl groups is 2. The number of nitrogens with zero attached hydrogens (tertiary/aromatic N) is 2. The van der Waals surface area contributed by atoms with Gasteiger partial charge in [0.15, 0.2) is 23.0 Å². The van der Waals surface area contributed by atoms with E-state index in [1.807, 2.05) is 0 Å². The number of aldehydes is 2. The number of hydrogen-bond acceptors (Lipinski definition) is 8. The van der Waals surface area contributed by atoms with Crippen LogP contribution < -0.4 is 9.47 Å². The molecule has 0 amide bonds. The Kier molecular flexibility index (Phi) is 6.91. The third-order valence-electron chi connectivity index (χ3n) is 5.32. The lowest BCUT2D eigenvalue weighted by Crippen LogP contribution is -2.45. The van der Waals surface area contributed by atoms with Gasteiger partial charge in [0.2, 0.25) is 0 Å². The Morgan fingerprint density at radius 3 is 1.43 bits per heavy atom. The molecule has 1 saturated heterocycles. The van der Waals surface area contributed by atoms with E-state index in [0.29, 0.717) is 35.3 Å². The van der Waals surface area contributed by atoms with Crippen LogP contribution in [-0.2, 0) is 13.1 Å². The minimum atomic E-state index is 0.0493. The summed E-state index contributed by atoms with van der Waals surface area (Å²) in [6.45, 7) is 3.99. The minimum absolute atomic E-state index is 0.0493. The molecule has 0 radical (unpaired) electrons. The molecule has 0 bridgehead atoms. The predicted octanol–water partition coefficient (Wildman–Crippen LogP) is 2.06. The molecule has 3 rings (SSSR count). The lowest BCUT2D eigenvalue weighted by Gasteiger charge is -2.35. The molecule has 30 heavy (non-hydrogen) atoms. The van der Waals surface area contributed by atoms with E-state index < -0.39 is 0 Å². The molecule has 8 heteroatoms. The van der Waals surface area contributed by atoms with Crippen LogP contribution in [0.5, 0.6) is 23.0 Å². The highest BCUT2D eigenvalue weighted by molar-refractivity contribution is 5.78. The van der Waals surface area contributed by atoms with Crippen molar-refractivity contribution in [1.29, 1.82) is 0 Å². The topological polar surface area (TPSA) is 99.5 Å². The fourth-order valence-corrected chi connectivity index (χ4v) is 3.65. The van der Waals surface area contributed by atoms with Gasteiger partial charge in [-0.1, -0.05) is 0 Å². The van der Waals surface area contributed by atoms with E-state index in [0.717, 1.165) is 38.8 Å². The summed E-state index contributed by atoms with van der Waals surface area (Å²) >= 11 is 0. The number of benzene rings is 2. The Morgan fingerprint density at radius 2 is 1.13 bits per heavy atom. The number of carbonyl (C=O) groups excluding carboxylic acids is 2. The highest BCUT2D eigenvalue weighted by Gasteiger charge is 2.21. The summed E-state index contributed by atoms with van der Waals surface area (Å²) in [6.07, 6.45) is 1.47. The predicted molar refractivity (Wildman–Crippen MR) is 111 cm³/mol. The van der Waals surface area contributed by atoms with Gasteiger partial charge in [-0.05, 0) is 24.3 Å². The quantitative estimate of drug-likeness (QED) is 0.634. The van der Waals surface area contributed by atoms with Gasteiger partial charge in [-0.2, -0.15) is 0 Å². The monoisotopic (exact) mass is 414 g/mol. The first-order valence-corrected chi connectivity index (χ1v) is 9.63. The molecule has 0 atom stereocenters. The van der Waals surface area contributed by atoms with Crippen molar-refractivity contribution in [3.05, 3.63) is 46.5 Å². The maximum atomic E-state index is 11.2. The van der Waals surface area contributed by atoms with Crippen LogP contribution in [-0.4, -0.2) is 73.0 Å². The van der Waals surface area contributed by atoms with Crippen molar-refractivity contribution in [2.24, 2.45) is 0 Å². The fraction of sp³-hybridized carbons (Fsp3) is 0.364. The Bertz CT molecular complexity index is 847. The zero-order chi connectivity index (χ0) is 21.7. The van der Waals surface area contributed by atoms with E-state index in [9.17, 15) is 19.8 Å². The van der Waals surface area contributed by atoms with Crippen LogP contribution in [0.25, 0.3) is 0 Å². The molecule has 2 aromatic carbocycles. The van der Waals surface area contributed by atoms with E-state index in [-0.39, 0.29) is 23.0 Å². The zero-order valence-electron chi connectivity index (χ0n) is 17.1. The maximum Gasteiger partial charge on any atom is 0.162 e. The van der Waals surface area contributed by atoms with Crippen molar-refractivity contribution in [3.8, 4) is 23.0 Å². The van der Waals surface area contributed by atoms with Crippen molar-refractivity contribution in [2.75, 3.05) is 40.4 Å². The highest BCUT2D eigenvalue weighted by Crippen LogP contribution is 2.33. The molecule has 1 heterocycles. The summed E-state index contributed by atoms with van der Waals surface area (Å²) in [4.78, 5) is 26.7. The third kappa shape index (κ3) is 4.72. The van der Waals surface area contributed by atoms with Crippen LogP contribution in [0.4, 0.5) is 0 Å². The molecule has 0 spiro atoms. The molecule has 1 aliphatic rings. The smallest absolute Gasteiger partial charge is 0.162 e. The van der Waals surface area contributed by atoms with E-state index >= 15 is 0 Å². The first-order valence-electron chi connectivity index (χ1n) is 9.63. The second kappa shape index (κ2) is 9.60. The van der Waals surface area contributed by atoms with Gasteiger partial charge < -0.3 is 19.7 Å². The van der Waals surface area contributed by atoms with Crippen LogP contribution in [0, 0.1) is 0 Å². The van der Waals surface area contributed by atoms with Gasteiger partial charge >= 0.3 is 0 Å². The summed E-state index contributed by atoms with van der Waals surface area (Å²) < 4.78 is 10.3. The Morgan fingerprint density at radius 1 is 0.767 bits per heavy atom. The van der Waals surface area contributed by atoms with E-state index in [4.69, 9.17) is 9.47 Å². The first-order chi connectivity index (χ1) is 14.5. The molecule has 0 aliphatic carbocycles. The van der Waals surface area contributed by atoms with Crippen LogP contribution in [0.2, 0.25) is 0 Å². The minimum Gasteiger partial charge on any atom is -0.504 e. The first kappa shape index (κ1) is 21.6. The average molecular weight is 414 g/mol. The number of ether oxygens (including phenoxy) is 2. The molecule has 1 aliphatic heterocycles. The number of methoxy groups -OCH3 is 2. The molecule has 0 aromatic heterocycles. The molecular formula is C22H26N2O6. The molecule has 8 nitrogen and oxygen atoms in total. The Hall–Kier alpha value is -3.10. The SMILES string of the molecule is COc1cc(C=O)cc(CN2CCN(Cc3cc(C=O)cc(OC)c3O)CC2)c1O. The van der Waals surface area contributed by atoms with Crippen LogP contribution in [0.3, 0.4) is 0 Å². The second-order valence-corrected chi connectivity index (χ2v) is 7.25. The van der Waals surface area contributed by atoms with Gasteiger partial charge in [0.1, 0.15) is 12.6 Å². The summed E-state index contributed by atoms with van der Waals surface area (Å²) in [5, 5.41) is 20.7. The number of phenolic OH excluding ortho intramolecular Hbond substituents is 2. The van der Waals surface area contributed by atoms with Gasteiger partial charge in [0.25, 0.3) is 0 Å². The molecule has 160 valence electrons. The van der Waals surface area contributed by atoms with Crippen LogP contribution >= 0.6 is 0 Å². The molecule has 0 unspecified atom stereocenters. The summed E-state index contributed by atoms with van der Waals surface area (Å²) in [5.41, 5.74) is 2.20. The average Bonchev–Trinajstić information content (AvgIpc) is 2.77. The standard InChI is InChI=1S/C22H26N2O6/c1-29-19-9-15(13-25)7-17(21(19)27)11-23-3-5-24(6-4-23)12-18-8-16(14-26)10-20(30-2)22(18)28/h7-10,13-14,27-28H,3-6,11-12H2,1-2H3. The van der Waals surface area contributed by atoms with Crippen molar-refractivity contribution in [3.63, 3.8) is 0 Å². The van der Waals surface area contributed by atoms with Crippen molar-refractivity contribution in [2.45, 2.75) is 13.1 Å². The largest absolute Gasteiger partial charge is 0.504 e. The maximum absolute atomic E-state index is 11.2. The number of piperazine rings is 1. The van der Waals surface area contributed by atoms with E-state index in [1.54, 1.807) is 12.1 Å². The van der Waals surface area contributed by atoms with Crippen LogP contribution in [0.15, 0.2) is 24.3 Å². The normalized spacial score (nSPS) is 15.0. The fourth-order valence-electron chi connectivity index (χ4n) is 3.65. The number of rotatable bonds is 8. The zero-order valence-corrected chi connectivity index (χ0v) is 17.1. The number of hydrogen-bond donors (Lipinski definition) is 2. The van der Waals surface area contributed by atoms with Gasteiger partial charge in [-0.15, -0.1) is 0 Å². The summed E-state index contributed by atoms with van der Waals surface area (Å²) in [5.74, 6) is 0.668. The number of carbonyl (C=O) groups is 2. The van der Waals surface area contributed by atoms with Crippen molar-refractivity contribution >= 4 is 12.6 Å². The van der Waals surface area contributed by atoms with Gasteiger partial charge in [0.05, 0.1) is 14.2 Å². The van der Waals surface area contributed by atoms with E-state index in [1.165, 1.54) is 26.4 Å². The van der Waals surface area contributed by atoms with E-state index in [2.05, 4.69) is 9.80 Å².